The predicted molar refractivity (Wildman–Crippen MR) is 137 cm³/mol. The molecule has 0 saturated carbocycles. The third-order valence-electron chi connectivity index (χ3n) is 5.05. The van der Waals surface area contributed by atoms with Gasteiger partial charge in [0.1, 0.15) is 17.5 Å². The summed E-state index contributed by atoms with van der Waals surface area (Å²) in [6.45, 7) is 1.84. The van der Waals surface area contributed by atoms with Crippen LogP contribution < -0.4 is 26.0 Å². The fourth-order valence-electron chi connectivity index (χ4n) is 3.26. The van der Waals surface area contributed by atoms with Gasteiger partial charge in [-0.1, -0.05) is 12.1 Å². The second-order valence-electron chi connectivity index (χ2n) is 8.22. The highest BCUT2D eigenvalue weighted by molar-refractivity contribution is 7.90. The van der Waals surface area contributed by atoms with Crippen LogP contribution in [0.1, 0.15) is 22.3 Å². The second kappa shape index (κ2) is 12.8. The van der Waals surface area contributed by atoms with Crippen LogP contribution in [0.3, 0.4) is 0 Å². The van der Waals surface area contributed by atoms with Crippen LogP contribution in [0.15, 0.2) is 65.6 Å². The Morgan fingerprint density at radius 2 is 1.49 bits per heavy atom. The maximum Gasteiger partial charge on any atom is 0.328 e. The van der Waals surface area contributed by atoms with Crippen molar-refractivity contribution in [3.63, 3.8) is 0 Å². The Bertz CT molecular complexity index is 1480. The number of amides is 5. The van der Waals surface area contributed by atoms with E-state index in [9.17, 15) is 36.0 Å². The molecule has 0 saturated heterocycles. The zero-order valence-corrected chi connectivity index (χ0v) is 21.3. The zero-order chi connectivity index (χ0) is 28.6. The largest absolute Gasteiger partial charge is 0.352 e. The fourth-order valence-corrected chi connectivity index (χ4v) is 4.30. The van der Waals surface area contributed by atoms with Crippen LogP contribution in [0.4, 0.5) is 34.1 Å². The molecule has 3 aromatic carbocycles. The first-order chi connectivity index (χ1) is 18.4. The third-order valence-corrected chi connectivity index (χ3v) is 6.38. The summed E-state index contributed by atoms with van der Waals surface area (Å²) >= 11 is 0. The predicted octanol–water partition coefficient (Wildman–Crippen LogP) is 3.86. The van der Waals surface area contributed by atoms with Crippen molar-refractivity contribution in [2.24, 2.45) is 0 Å². The van der Waals surface area contributed by atoms with E-state index in [1.807, 2.05) is 4.72 Å². The molecule has 0 bridgehead atoms. The summed E-state index contributed by atoms with van der Waals surface area (Å²) in [5.74, 6) is -3.38. The standard InChI is InChI=1S/C25H24F3N5O5S/c1-15-4-2-5-20(10-15)39(37,38)33-24(35)30-9-3-8-29-23(34)16-6-7-22(21(28)11-16)32-25(36)31-19-13-17(26)12-18(27)14-19/h2,4-7,10-14H,3,8-9H2,1H3,(H,29,34)(H2,30,33,35)(H2,31,32,36). The maximum absolute atomic E-state index is 14.4. The number of hydrogen-bond donors (Lipinski definition) is 5. The molecule has 5 N–H and O–H groups in total. The Morgan fingerprint density at radius 1 is 0.795 bits per heavy atom. The van der Waals surface area contributed by atoms with E-state index in [2.05, 4.69) is 21.3 Å². The number of aryl methyl sites for hydroxylation is 1. The van der Waals surface area contributed by atoms with Crippen molar-refractivity contribution in [3.05, 3.63) is 89.2 Å². The van der Waals surface area contributed by atoms with E-state index >= 15 is 0 Å². The Balaban J connectivity index is 1.42. The van der Waals surface area contributed by atoms with Gasteiger partial charge in [0.2, 0.25) is 0 Å². The summed E-state index contributed by atoms with van der Waals surface area (Å²) in [5.41, 5.74) is 0.197. The van der Waals surface area contributed by atoms with Crippen molar-refractivity contribution in [1.29, 1.82) is 0 Å². The first-order valence-electron chi connectivity index (χ1n) is 11.4. The Labute approximate surface area is 222 Å². The van der Waals surface area contributed by atoms with Crippen molar-refractivity contribution < 1.29 is 36.0 Å². The summed E-state index contributed by atoms with van der Waals surface area (Å²) in [6.07, 6.45) is 0.243. The molecule has 39 heavy (non-hydrogen) atoms. The van der Waals surface area contributed by atoms with Gasteiger partial charge in [-0.25, -0.2) is 35.9 Å². The van der Waals surface area contributed by atoms with Gasteiger partial charge in [-0.15, -0.1) is 0 Å². The molecule has 0 aliphatic rings. The van der Waals surface area contributed by atoms with Gasteiger partial charge in [0.25, 0.3) is 15.9 Å². The number of urea groups is 2. The molecule has 0 aromatic heterocycles. The van der Waals surface area contributed by atoms with E-state index in [1.165, 1.54) is 18.2 Å². The highest BCUT2D eigenvalue weighted by atomic mass is 32.2. The van der Waals surface area contributed by atoms with Gasteiger partial charge in [-0.3, -0.25) is 4.79 Å². The molecule has 0 aliphatic heterocycles. The highest BCUT2D eigenvalue weighted by Gasteiger charge is 2.17. The fraction of sp³-hybridized carbons (Fsp3) is 0.160. The molecule has 3 aromatic rings. The molecule has 0 atom stereocenters. The topological polar surface area (TPSA) is 146 Å². The Morgan fingerprint density at radius 3 is 2.15 bits per heavy atom. The minimum absolute atomic E-state index is 0.0387. The lowest BCUT2D eigenvalue weighted by Crippen LogP contribution is -2.40. The number of halogens is 3. The second-order valence-corrected chi connectivity index (χ2v) is 9.90. The summed E-state index contributed by atoms with van der Waals surface area (Å²) < 4.78 is 67.2. The maximum atomic E-state index is 14.4. The smallest absolute Gasteiger partial charge is 0.328 e. The molecule has 0 spiro atoms. The number of rotatable bonds is 9. The van der Waals surface area contributed by atoms with Gasteiger partial charge in [0, 0.05) is 30.4 Å². The summed E-state index contributed by atoms with van der Waals surface area (Å²) in [6, 6.07) is 9.79. The molecule has 10 nitrogen and oxygen atoms in total. The van der Waals surface area contributed by atoms with Gasteiger partial charge in [0.15, 0.2) is 0 Å². The summed E-state index contributed by atoms with van der Waals surface area (Å²) in [5, 5.41) is 9.22. The van der Waals surface area contributed by atoms with E-state index in [1.54, 1.807) is 19.1 Å². The quantitative estimate of drug-likeness (QED) is 0.251. The van der Waals surface area contributed by atoms with Crippen molar-refractivity contribution in [2.45, 2.75) is 18.2 Å². The number of benzene rings is 3. The Kier molecular flexibility index (Phi) is 9.49. The van der Waals surface area contributed by atoms with Crippen molar-refractivity contribution in [2.75, 3.05) is 23.7 Å². The molecular weight excluding hydrogens is 539 g/mol. The minimum atomic E-state index is -4.04. The molecule has 0 radical (unpaired) electrons. The van der Waals surface area contributed by atoms with Crippen molar-refractivity contribution in [3.8, 4) is 0 Å². The first-order valence-corrected chi connectivity index (χ1v) is 12.9. The van der Waals surface area contributed by atoms with E-state index < -0.39 is 45.4 Å². The number of hydrogen-bond acceptors (Lipinski definition) is 5. The SMILES string of the molecule is Cc1cccc(S(=O)(=O)NC(=O)NCCCNC(=O)c2ccc(NC(=O)Nc3cc(F)cc(F)c3)c(F)c2)c1. The molecule has 5 amide bonds. The summed E-state index contributed by atoms with van der Waals surface area (Å²) in [7, 11) is -4.04. The molecule has 0 unspecified atom stereocenters. The number of nitrogens with one attached hydrogen (secondary N) is 5. The first kappa shape index (κ1) is 29.0. The van der Waals surface area contributed by atoms with Crippen LogP contribution in [-0.2, 0) is 10.0 Å². The van der Waals surface area contributed by atoms with Gasteiger partial charge in [-0.2, -0.15) is 0 Å². The Hall–Kier alpha value is -4.59. The van der Waals surface area contributed by atoms with Crippen LogP contribution in [0.2, 0.25) is 0 Å². The van der Waals surface area contributed by atoms with Crippen LogP contribution in [0.25, 0.3) is 0 Å². The lowest BCUT2D eigenvalue weighted by molar-refractivity contribution is 0.0953. The van der Waals surface area contributed by atoms with Crippen LogP contribution in [0, 0.1) is 24.4 Å². The third kappa shape index (κ3) is 8.74. The number of sulfonamides is 1. The van der Waals surface area contributed by atoms with Gasteiger partial charge < -0.3 is 21.3 Å². The van der Waals surface area contributed by atoms with E-state index in [4.69, 9.17) is 0 Å². The lowest BCUT2D eigenvalue weighted by Gasteiger charge is -2.11. The molecule has 0 fully saturated rings. The lowest BCUT2D eigenvalue weighted by atomic mass is 10.2. The molecular formula is C25H24F3N5O5S. The van der Waals surface area contributed by atoms with Crippen LogP contribution in [-0.4, -0.2) is 39.5 Å². The van der Waals surface area contributed by atoms with Gasteiger partial charge in [-0.05, 0) is 61.4 Å². The molecule has 0 heterocycles. The highest BCUT2D eigenvalue weighted by Crippen LogP contribution is 2.18. The molecule has 3 rings (SSSR count). The number of anilines is 2. The average Bonchev–Trinajstić information content (AvgIpc) is 2.84. The monoisotopic (exact) mass is 563 g/mol. The van der Waals surface area contributed by atoms with Gasteiger partial charge in [0.05, 0.1) is 10.6 Å². The normalized spacial score (nSPS) is 10.9. The van der Waals surface area contributed by atoms with Crippen LogP contribution >= 0.6 is 0 Å². The van der Waals surface area contributed by atoms with E-state index in [0.29, 0.717) is 11.6 Å². The van der Waals surface area contributed by atoms with E-state index in [0.717, 1.165) is 24.3 Å². The zero-order valence-electron chi connectivity index (χ0n) is 20.5. The molecule has 206 valence electrons. The molecule has 14 heteroatoms. The van der Waals surface area contributed by atoms with Gasteiger partial charge >= 0.3 is 12.1 Å². The summed E-state index contributed by atoms with van der Waals surface area (Å²) in [4.78, 5) is 36.1. The van der Waals surface area contributed by atoms with Crippen LogP contribution in [0.5, 0.6) is 0 Å². The minimum Gasteiger partial charge on any atom is -0.352 e. The van der Waals surface area contributed by atoms with Crippen molar-refractivity contribution >= 4 is 39.4 Å². The number of carbonyl (C=O) groups is 3. The van der Waals surface area contributed by atoms with Crippen molar-refractivity contribution in [1.82, 2.24) is 15.4 Å². The number of carbonyl (C=O) groups excluding carboxylic acids is 3. The average molecular weight is 564 g/mol. The van der Waals surface area contributed by atoms with E-state index in [-0.39, 0.29) is 41.3 Å². The molecule has 0 aliphatic carbocycles.